The van der Waals surface area contributed by atoms with Crippen molar-refractivity contribution in [3.63, 3.8) is 0 Å². The summed E-state index contributed by atoms with van der Waals surface area (Å²) in [6.45, 7) is 0. The van der Waals surface area contributed by atoms with Gasteiger partial charge in [-0.05, 0) is 106 Å². The maximum Gasteiger partial charge on any atom is 0.143 e. The first-order chi connectivity index (χ1) is 25.3. The van der Waals surface area contributed by atoms with E-state index in [2.05, 4.69) is 176 Å². The zero-order valence-electron chi connectivity index (χ0n) is 27.7. The first-order valence-corrected chi connectivity index (χ1v) is 17.6. The second-order valence-corrected chi connectivity index (χ2v) is 13.6. The Morgan fingerprint density at radius 3 is 1.53 bits per heavy atom. The van der Waals surface area contributed by atoms with Gasteiger partial charge in [0.2, 0.25) is 0 Å². The summed E-state index contributed by atoms with van der Waals surface area (Å²) in [5.41, 5.74) is 9.36. The summed E-state index contributed by atoms with van der Waals surface area (Å²) in [4.78, 5) is 0. The predicted octanol–water partition coefficient (Wildman–Crippen LogP) is 14.4. The Hall–Kier alpha value is -6.70. The highest BCUT2D eigenvalue weighted by Crippen LogP contribution is 2.46. The van der Waals surface area contributed by atoms with Crippen LogP contribution in [-0.2, 0) is 0 Å². The highest BCUT2D eigenvalue weighted by atomic mass is 16.3. The van der Waals surface area contributed by atoms with Crippen LogP contribution in [0, 0.1) is 0 Å². The molecule has 0 radical (unpaired) electrons. The normalized spacial score (nSPS) is 11.9. The molecule has 10 aromatic carbocycles. The lowest BCUT2D eigenvalue weighted by Gasteiger charge is -2.19. The minimum atomic E-state index is 0.922. The van der Waals surface area contributed by atoms with Crippen molar-refractivity contribution < 1.29 is 4.42 Å². The van der Waals surface area contributed by atoms with Gasteiger partial charge in [0.15, 0.2) is 0 Å². The monoisotopic (exact) mass is 646 g/mol. The van der Waals surface area contributed by atoms with Crippen LogP contribution in [0.1, 0.15) is 0 Å². The van der Waals surface area contributed by atoms with Gasteiger partial charge in [-0.1, -0.05) is 158 Å². The Morgan fingerprint density at radius 1 is 0.275 bits per heavy atom. The molecule has 0 saturated heterocycles. The van der Waals surface area contributed by atoms with Crippen molar-refractivity contribution in [3.05, 3.63) is 182 Å². The second-order valence-electron chi connectivity index (χ2n) is 13.6. The lowest BCUT2D eigenvalue weighted by Crippen LogP contribution is -1.91. The lowest BCUT2D eigenvalue weighted by molar-refractivity contribution is 0.672. The van der Waals surface area contributed by atoms with Gasteiger partial charge in [0.1, 0.15) is 11.2 Å². The highest BCUT2D eigenvalue weighted by Gasteiger charge is 2.19. The number of furan rings is 1. The maximum atomic E-state index is 6.39. The quantitative estimate of drug-likeness (QED) is 0.174. The number of benzene rings is 10. The van der Waals surface area contributed by atoms with Crippen LogP contribution in [0.3, 0.4) is 0 Å². The van der Waals surface area contributed by atoms with Gasteiger partial charge in [0, 0.05) is 16.2 Å². The van der Waals surface area contributed by atoms with Gasteiger partial charge in [-0.25, -0.2) is 0 Å². The molecule has 1 heteroatoms. The van der Waals surface area contributed by atoms with Gasteiger partial charge in [0.05, 0.1) is 0 Å². The van der Waals surface area contributed by atoms with Gasteiger partial charge in [0.25, 0.3) is 0 Å². The van der Waals surface area contributed by atoms with Crippen molar-refractivity contribution in [2.24, 2.45) is 0 Å². The summed E-state index contributed by atoms with van der Waals surface area (Å²) in [7, 11) is 0. The van der Waals surface area contributed by atoms with Crippen molar-refractivity contribution >= 4 is 75.8 Å². The molecule has 1 heterocycles. The first kappa shape index (κ1) is 28.2. The van der Waals surface area contributed by atoms with Gasteiger partial charge < -0.3 is 4.42 Å². The van der Waals surface area contributed by atoms with Crippen LogP contribution in [0.25, 0.3) is 109 Å². The van der Waals surface area contributed by atoms with Crippen LogP contribution in [0.4, 0.5) is 0 Å². The third kappa shape index (κ3) is 4.22. The van der Waals surface area contributed by atoms with Crippen molar-refractivity contribution in [2.45, 2.75) is 0 Å². The van der Waals surface area contributed by atoms with E-state index < -0.39 is 0 Å². The van der Waals surface area contributed by atoms with Crippen molar-refractivity contribution in [2.75, 3.05) is 0 Å². The molecule has 51 heavy (non-hydrogen) atoms. The fraction of sp³-hybridized carbons (Fsp3) is 0. The zero-order valence-corrected chi connectivity index (χ0v) is 27.7. The second kappa shape index (κ2) is 10.9. The third-order valence-electron chi connectivity index (χ3n) is 10.8. The number of rotatable bonds is 3. The van der Waals surface area contributed by atoms with Crippen LogP contribution in [0.2, 0.25) is 0 Å². The molecule has 236 valence electrons. The summed E-state index contributed by atoms with van der Waals surface area (Å²) in [6, 6.07) is 66.4. The third-order valence-corrected chi connectivity index (χ3v) is 10.8. The van der Waals surface area contributed by atoms with E-state index >= 15 is 0 Å². The topological polar surface area (TPSA) is 13.1 Å². The van der Waals surface area contributed by atoms with Gasteiger partial charge in [-0.3, -0.25) is 0 Å². The molecule has 0 unspecified atom stereocenters. The Kier molecular flexibility index (Phi) is 6.02. The van der Waals surface area contributed by atoms with E-state index in [1.807, 2.05) is 6.07 Å². The molecule has 0 spiro atoms. The van der Waals surface area contributed by atoms with Crippen LogP contribution in [-0.4, -0.2) is 0 Å². The molecule has 0 aliphatic carbocycles. The van der Waals surface area contributed by atoms with Crippen LogP contribution >= 0.6 is 0 Å². The van der Waals surface area contributed by atoms with Gasteiger partial charge >= 0.3 is 0 Å². The van der Waals surface area contributed by atoms with Crippen LogP contribution in [0.15, 0.2) is 186 Å². The minimum Gasteiger partial charge on any atom is -0.455 e. The van der Waals surface area contributed by atoms with E-state index in [4.69, 9.17) is 4.42 Å². The molecule has 11 rings (SSSR count). The summed E-state index contributed by atoms with van der Waals surface area (Å²) < 4.78 is 6.39. The van der Waals surface area contributed by atoms with E-state index in [1.165, 1.54) is 81.9 Å². The largest absolute Gasteiger partial charge is 0.455 e. The minimum absolute atomic E-state index is 0.922. The predicted molar refractivity (Wildman–Crippen MR) is 218 cm³/mol. The van der Waals surface area contributed by atoms with E-state index in [-0.39, 0.29) is 0 Å². The molecule has 0 aliphatic rings. The number of hydrogen-bond donors (Lipinski definition) is 0. The molecule has 0 saturated carbocycles. The molecule has 11 aromatic rings. The fourth-order valence-electron chi connectivity index (χ4n) is 8.53. The SMILES string of the molecule is c1ccc2c(-c3c4ccccc4c(-c4ccc5cc(-c6cc7c8ccccc8oc7c7ccccc67)ccc5c4)c4ccccc34)cccc2c1. The van der Waals surface area contributed by atoms with Gasteiger partial charge in [-0.15, -0.1) is 0 Å². The van der Waals surface area contributed by atoms with Crippen LogP contribution < -0.4 is 0 Å². The Balaban J connectivity index is 1.12. The molecular weight excluding hydrogens is 617 g/mol. The molecule has 0 atom stereocenters. The van der Waals surface area contributed by atoms with Crippen LogP contribution in [0.5, 0.6) is 0 Å². The average Bonchev–Trinajstić information content (AvgIpc) is 3.58. The van der Waals surface area contributed by atoms with Crippen molar-refractivity contribution in [3.8, 4) is 33.4 Å². The summed E-state index contributed by atoms with van der Waals surface area (Å²) >= 11 is 0. The lowest BCUT2D eigenvalue weighted by atomic mass is 9.84. The van der Waals surface area contributed by atoms with E-state index in [1.54, 1.807) is 0 Å². The highest BCUT2D eigenvalue weighted by molar-refractivity contribution is 6.24. The molecule has 0 amide bonds. The van der Waals surface area contributed by atoms with Crippen molar-refractivity contribution in [1.82, 2.24) is 0 Å². The fourth-order valence-corrected chi connectivity index (χ4v) is 8.53. The number of fused-ring (bicyclic) bond motifs is 9. The maximum absolute atomic E-state index is 6.39. The Morgan fingerprint density at radius 2 is 0.804 bits per heavy atom. The molecule has 0 N–H and O–H groups in total. The average molecular weight is 647 g/mol. The summed E-state index contributed by atoms with van der Waals surface area (Å²) in [5.74, 6) is 0. The standard InChI is InChI=1S/C50H30O/c1-2-14-36-31(12-1)13-11-22-39(36)49-42-19-6-4-17-40(42)48(41-18-5-7-20-43(41)49)35-27-25-32-28-34(26-24-33(32)29-35)45-30-46-38-16-9-10-23-47(38)51-50(46)44-21-8-3-15-37(44)45/h1-30H. The molecule has 1 aromatic heterocycles. The van der Waals surface area contributed by atoms with Gasteiger partial charge in [-0.2, -0.15) is 0 Å². The number of hydrogen-bond acceptors (Lipinski definition) is 1. The zero-order chi connectivity index (χ0) is 33.5. The Labute approximate surface area is 294 Å². The molecule has 0 aliphatic heterocycles. The molecule has 1 nitrogen and oxygen atoms in total. The molecular formula is C50H30O. The van der Waals surface area contributed by atoms with E-state index in [9.17, 15) is 0 Å². The molecule has 0 fully saturated rings. The van der Waals surface area contributed by atoms with E-state index in [0.717, 1.165) is 27.3 Å². The Bertz CT molecular complexity index is 3130. The van der Waals surface area contributed by atoms with E-state index in [0.29, 0.717) is 0 Å². The molecule has 0 bridgehead atoms. The smallest absolute Gasteiger partial charge is 0.143 e. The number of para-hydroxylation sites is 1. The van der Waals surface area contributed by atoms with Crippen molar-refractivity contribution in [1.29, 1.82) is 0 Å². The summed E-state index contributed by atoms with van der Waals surface area (Å²) in [5, 5.41) is 14.7. The summed E-state index contributed by atoms with van der Waals surface area (Å²) in [6.07, 6.45) is 0. The first-order valence-electron chi connectivity index (χ1n) is 17.6.